The Labute approximate surface area is 191 Å². The predicted octanol–water partition coefficient (Wildman–Crippen LogP) is 0.360. The largest absolute Gasteiger partial charge is 0.508 e. The first-order chi connectivity index (χ1) is 16.0. The number of phenols is 1. The van der Waals surface area contributed by atoms with Crippen LogP contribution in [0.1, 0.15) is 21.5 Å². The molecule has 1 fully saturated rings. The molecule has 0 aliphatic carbocycles. The fourth-order valence-corrected chi connectivity index (χ4v) is 3.71. The first kappa shape index (κ1) is 22.8. The van der Waals surface area contributed by atoms with Gasteiger partial charge in [0.05, 0.1) is 19.8 Å². The van der Waals surface area contributed by atoms with E-state index < -0.39 is 24.5 Å². The molecule has 0 unspecified atom stereocenters. The Morgan fingerprint density at radius 1 is 1.03 bits per heavy atom. The van der Waals surface area contributed by atoms with Crippen LogP contribution in [-0.2, 0) is 22.6 Å². The maximum atomic E-state index is 12.7. The van der Waals surface area contributed by atoms with E-state index in [9.17, 15) is 19.8 Å². The highest BCUT2D eigenvalue weighted by Crippen LogP contribution is 2.32. The molecule has 2 aromatic carbocycles. The third kappa shape index (κ3) is 5.92. The van der Waals surface area contributed by atoms with Crippen LogP contribution < -0.4 is 20.1 Å². The number of carbonyl (C=O) groups is 2. The van der Waals surface area contributed by atoms with Crippen molar-refractivity contribution < 1.29 is 34.0 Å². The van der Waals surface area contributed by atoms with E-state index >= 15 is 0 Å². The highest BCUT2D eigenvalue weighted by molar-refractivity contribution is 5.98. The molecule has 1 saturated heterocycles. The smallest absolute Gasteiger partial charge is 0.252 e. The van der Waals surface area contributed by atoms with Gasteiger partial charge in [0.1, 0.15) is 11.8 Å². The molecule has 4 rings (SSSR count). The van der Waals surface area contributed by atoms with Gasteiger partial charge in [-0.05, 0) is 41.5 Å². The summed E-state index contributed by atoms with van der Waals surface area (Å²) in [5.74, 6) is 0.109. The number of rotatable bonds is 8. The van der Waals surface area contributed by atoms with Crippen LogP contribution in [0.2, 0.25) is 0 Å². The minimum atomic E-state index is -1.14. The van der Waals surface area contributed by atoms with Gasteiger partial charge in [0, 0.05) is 31.7 Å². The lowest BCUT2D eigenvalue weighted by Crippen LogP contribution is -2.48. The van der Waals surface area contributed by atoms with Crippen molar-refractivity contribution in [2.75, 3.05) is 39.7 Å². The molecule has 10 nitrogen and oxygen atoms in total. The van der Waals surface area contributed by atoms with Crippen molar-refractivity contribution in [3.05, 3.63) is 53.1 Å². The maximum absolute atomic E-state index is 12.7. The van der Waals surface area contributed by atoms with Gasteiger partial charge in [-0.25, -0.2) is 0 Å². The van der Waals surface area contributed by atoms with Crippen molar-refractivity contribution in [3.63, 3.8) is 0 Å². The molecule has 0 bridgehead atoms. The Morgan fingerprint density at radius 2 is 1.82 bits per heavy atom. The quantitative estimate of drug-likeness (QED) is 0.447. The number of phenolic OH excluding ortho intramolecular Hbond substituents is 1. The highest BCUT2D eigenvalue weighted by atomic mass is 16.7. The predicted molar refractivity (Wildman–Crippen MR) is 117 cm³/mol. The second kappa shape index (κ2) is 10.5. The fourth-order valence-electron chi connectivity index (χ4n) is 3.71. The molecule has 10 heteroatoms. The van der Waals surface area contributed by atoms with E-state index in [1.807, 2.05) is 0 Å². The zero-order valence-corrected chi connectivity index (χ0v) is 18.1. The summed E-state index contributed by atoms with van der Waals surface area (Å²) in [6.45, 7) is 3.18. The number of ether oxygens (including phenoxy) is 3. The number of aliphatic hydroxyl groups excluding tert-OH is 1. The zero-order chi connectivity index (χ0) is 23.2. The van der Waals surface area contributed by atoms with Crippen LogP contribution in [0.5, 0.6) is 17.2 Å². The fraction of sp³-hybridized carbons (Fsp3) is 0.391. The summed E-state index contributed by atoms with van der Waals surface area (Å²) in [5.41, 5.74) is 1.77. The lowest BCUT2D eigenvalue weighted by Gasteiger charge is -2.26. The van der Waals surface area contributed by atoms with Crippen molar-refractivity contribution >= 4 is 11.8 Å². The van der Waals surface area contributed by atoms with E-state index in [1.54, 1.807) is 30.3 Å². The van der Waals surface area contributed by atoms with Crippen molar-refractivity contribution in [3.8, 4) is 17.2 Å². The normalized spacial score (nSPS) is 16.3. The molecule has 176 valence electrons. The number of aromatic hydroxyl groups is 1. The Morgan fingerprint density at radius 3 is 2.61 bits per heavy atom. The number of hydrogen-bond donors (Lipinski definition) is 4. The summed E-state index contributed by atoms with van der Waals surface area (Å²) < 4.78 is 15.9. The molecule has 2 heterocycles. The number of benzene rings is 2. The average molecular weight is 457 g/mol. The minimum absolute atomic E-state index is 0.0429. The van der Waals surface area contributed by atoms with Gasteiger partial charge in [0.25, 0.3) is 5.91 Å². The van der Waals surface area contributed by atoms with Crippen molar-refractivity contribution in [1.29, 1.82) is 0 Å². The number of nitrogens with one attached hydrogen (secondary N) is 2. The van der Waals surface area contributed by atoms with Crippen LogP contribution in [0, 0.1) is 0 Å². The third-order valence-electron chi connectivity index (χ3n) is 5.46. The molecule has 4 N–H and O–H groups in total. The summed E-state index contributed by atoms with van der Waals surface area (Å²) in [6, 6.07) is 8.78. The van der Waals surface area contributed by atoms with Gasteiger partial charge in [-0.15, -0.1) is 0 Å². The van der Waals surface area contributed by atoms with Crippen LogP contribution >= 0.6 is 0 Å². The molecular weight excluding hydrogens is 430 g/mol. The second-order valence-electron chi connectivity index (χ2n) is 7.89. The molecule has 0 saturated carbocycles. The first-order valence-corrected chi connectivity index (χ1v) is 10.7. The number of fused-ring (bicyclic) bond motifs is 1. The Hall–Kier alpha value is -3.34. The molecule has 33 heavy (non-hydrogen) atoms. The SMILES string of the molecule is O=C(N[C@@H](CO)C(=O)NCc1ccc2c(c1)OCO2)c1cc(O)cc(CN2CCOCC2)c1. The van der Waals surface area contributed by atoms with E-state index in [4.69, 9.17) is 14.2 Å². The minimum Gasteiger partial charge on any atom is -0.508 e. The van der Waals surface area contributed by atoms with Gasteiger partial charge in [-0.1, -0.05) is 6.07 Å². The van der Waals surface area contributed by atoms with Crippen LogP contribution in [0.3, 0.4) is 0 Å². The van der Waals surface area contributed by atoms with E-state index in [1.165, 1.54) is 6.07 Å². The van der Waals surface area contributed by atoms with Crippen LogP contribution in [0.4, 0.5) is 0 Å². The molecule has 2 aromatic rings. The summed E-state index contributed by atoms with van der Waals surface area (Å²) in [6.07, 6.45) is 0. The molecule has 1 atom stereocenters. The summed E-state index contributed by atoms with van der Waals surface area (Å²) in [7, 11) is 0. The molecule has 0 spiro atoms. The van der Waals surface area contributed by atoms with Crippen LogP contribution in [0.25, 0.3) is 0 Å². The topological polar surface area (TPSA) is 130 Å². The van der Waals surface area contributed by atoms with Crippen LogP contribution in [-0.4, -0.2) is 72.7 Å². The van der Waals surface area contributed by atoms with Gasteiger partial charge in [0.15, 0.2) is 11.5 Å². The van der Waals surface area contributed by atoms with Crippen molar-refractivity contribution in [1.82, 2.24) is 15.5 Å². The number of morpholine rings is 1. The third-order valence-corrected chi connectivity index (χ3v) is 5.46. The van der Waals surface area contributed by atoms with Crippen molar-refractivity contribution in [2.24, 2.45) is 0 Å². The lowest BCUT2D eigenvalue weighted by molar-refractivity contribution is -0.124. The van der Waals surface area contributed by atoms with E-state index in [0.717, 1.165) is 24.2 Å². The molecule has 2 amide bonds. The number of carbonyl (C=O) groups excluding carboxylic acids is 2. The van der Waals surface area contributed by atoms with Gasteiger partial charge >= 0.3 is 0 Å². The highest BCUT2D eigenvalue weighted by Gasteiger charge is 2.22. The molecule has 0 aromatic heterocycles. The standard InChI is InChI=1S/C23H27N3O7/c27-13-19(23(30)24-11-15-1-2-20-21(9-15)33-14-32-20)25-22(29)17-7-16(8-18(28)10-17)12-26-3-5-31-6-4-26/h1-2,7-10,19,27-28H,3-6,11-14H2,(H,24,30)(H,25,29)/t19-/m0/s1. The maximum Gasteiger partial charge on any atom is 0.252 e. The Bertz CT molecular complexity index is 1010. The number of hydrogen-bond acceptors (Lipinski definition) is 8. The average Bonchev–Trinajstić information content (AvgIpc) is 3.29. The molecule has 0 radical (unpaired) electrons. The lowest BCUT2D eigenvalue weighted by atomic mass is 10.1. The van der Waals surface area contributed by atoms with Gasteiger partial charge in [0.2, 0.25) is 12.7 Å². The van der Waals surface area contributed by atoms with E-state index in [-0.39, 0.29) is 24.7 Å². The zero-order valence-electron chi connectivity index (χ0n) is 18.1. The summed E-state index contributed by atoms with van der Waals surface area (Å²) >= 11 is 0. The number of aliphatic hydroxyl groups is 1. The second-order valence-corrected chi connectivity index (χ2v) is 7.89. The van der Waals surface area contributed by atoms with E-state index in [2.05, 4.69) is 15.5 Å². The van der Waals surface area contributed by atoms with Gasteiger partial charge in [-0.3, -0.25) is 14.5 Å². The van der Waals surface area contributed by atoms with Crippen molar-refractivity contribution in [2.45, 2.75) is 19.1 Å². The van der Waals surface area contributed by atoms with Crippen LogP contribution in [0.15, 0.2) is 36.4 Å². The Kier molecular flexibility index (Phi) is 7.28. The molecule has 2 aliphatic heterocycles. The molecular formula is C23H27N3O7. The number of nitrogens with zero attached hydrogens (tertiary/aromatic N) is 1. The van der Waals surface area contributed by atoms with Gasteiger partial charge < -0.3 is 35.1 Å². The Balaban J connectivity index is 1.35. The van der Waals surface area contributed by atoms with Gasteiger partial charge in [-0.2, -0.15) is 0 Å². The summed E-state index contributed by atoms with van der Waals surface area (Å²) in [5, 5.41) is 25.0. The number of amides is 2. The summed E-state index contributed by atoms with van der Waals surface area (Å²) in [4.78, 5) is 27.4. The molecule has 2 aliphatic rings. The monoisotopic (exact) mass is 457 g/mol. The van der Waals surface area contributed by atoms with E-state index in [0.29, 0.717) is 31.3 Å². The first-order valence-electron chi connectivity index (χ1n) is 10.7.